The van der Waals surface area contributed by atoms with Gasteiger partial charge >= 0.3 is 0 Å². The number of hydrogen-bond acceptors (Lipinski definition) is 5. The first-order valence-corrected chi connectivity index (χ1v) is 10.0. The molecule has 134 valence electrons. The second kappa shape index (κ2) is 8.45. The summed E-state index contributed by atoms with van der Waals surface area (Å²) in [6.07, 6.45) is 5.72. The molecule has 0 fully saturated rings. The van der Waals surface area contributed by atoms with Crippen LogP contribution >= 0.6 is 50.9 Å². The second-order valence-electron chi connectivity index (χ2n) is 5.62. The summed E-state index contributed by atoms with van der Waals surface area (Å²) in [5.41, 5.74) is 4.06. The van der Waals surface area contributed by atoms with Crippen molar-refractivity contribution in [3.05, 3.63) is 57.4 Å². The van der Waals surface area contributed by atoms with Crippen LogP contribution in [0.2, 0.25) is 0 Å². The molecule has 0 aliphatic heterocycles. The van der Waals surface area contributed by atoms with Crippen molar-refractivity contribution in [1.29, 1.82) is 0 Å². The molecule has 8 heteroatoms. The second-order valence-corrected chi connectivity index (χ2v) is 7.72. The van der Waals surface area contributed by atoms with E-state index < -0.39 is 0 Å². The Labute approximate surface area is 179 Å². The van der Waals surface area contributed by atoms with Crippen LogP contribution in [-0.4, -0.2) is 19.4 Å². The minimum atomic E-state index is 0. The van der Waals surface area contributed by atoms with Crippen LogP contribution in [0.4, 0.5) is 10.8 Å². The molecule has 4 aromatic rings. The monoisotopic (exact) mass is 541 g/mol. The van der Waals surface area contributed by atoms with Gasteiger partial charge < -0.3 is 5.32 Å². The molecule has 3 aromatic heterocycles. The summed E-state index contributed by atoms with van der Waals surface area (Å²) < 4.78 is 3.24. The van der Waals surface area contributed by atoms with Gasteiger partial charge in [-0.3, -0.25) is 4.40 Å². The number of halogens is 2. The molecular formula is C18H17BrIN5S. The third kappa shape index (κ3) is 3.91. The molecule has 4 rings (SSSR count). The molecule has 0 aliphatic rings. The first kappa shape index (κ1) is 19.2. The van der Waals surface area contributed by atoms with E-state index in [0.29, 0.717) is 0 Å². The highest BCUT2D eigenvalue weighted by Gasteiger charge is 2.17. The van der Waals surface area contributed by atoms with Gasteiger partial charge in [0.1, 0.15) is 5.69 Å². The van der Waals surface area contributed by atoms with Crippen molar-refractivity contribution in [2.45, 2.75) is 19.8 Å². The van der Waals surface area contributed by atoms with Crippen LogP contribution in [-0.2, 0) is 6.42 Å². The van der Waals surface area contributed by atoms with E-state index in [4.69, 9.17) is 4.98 Å². The number of nitrogens with one attached hydrogen (secondary N) is 1. The number of benzene rings is 1. The van der Waals surface area contributed by atoms with Crippen molar-refractivity contribution < 1.29 is 0 Å². The molecule has 0 unspecified atom stereocenters. The number of thiazole rings is 1. The minimum absolute atomic E-state index is 0. The first-order chi connectivity index (χ1) is 12.2. The van der Waals surface area contributed by atoms with E-state index in [-0.39, 0.29) is 17.0 Å². The number of aryl methyl sites for hydroxylation is 1. The van der Waals surface area contributed by atoms with Crippen LogP contribution in [0.15, 0.2) is 48.1 Å². The van der Waals surface area contributed by atoms with Gasteiger partial charge in [-0.2, -0.15) is 0 Å². The Kier molecular flexibility index (Phi) is 6.25. The zero-order valence-corrected chi connectivity index (χ0v) is 18.7. The predicted octanol–water partition coefficient (Wildman–Crippen LogP) is 5.73. The van der Waals surface area contributed by atoms with E-state index >= 15 is 0 Å². The Balaban J connectivity index is 0.00000196. The zero-order chi connectivity index (χ0) is 17.2. The van der Waals surface area contributed by atoms with E-state index in [0.717, 1.165) is 46.5 Å². The average molecular weight is 542 g/mol. The largest absolute Gasteiger partial charge is 0.332 e. The number of imidazole rings is 1. The van der Waals surface area contributed by atoms with Gasteiger partial charge in [-0.1, -0.05) is 13.3 Å². The number of nitrogens with zero attached hydrogens (tertiary/aromatic N) is 4. The maximum Gasteiger partial charge on any atom is 0.234 e. The minimum Gasteiger partial charge on any atom is -0.332 e. The van der Waals surface area contributed by atoms with E-state index in [1.54, 1.807) is 17.5 Å². The molecular weight excluding hydrogens is 525 g/mol. The van der Waals surface area contributed by atoms with Crippen LogP contribution < -0.4 is 5.32 Å². The maximum absolute atomic E-state index is 4.78. The first-order valence-electron chi connectivity index (χ1n) is 8.05. The highest BCUT2D eigenvalue weighted by Crippen LogP contribution is 2.30. The van der Waals surface area contributed by atoms with Gasteiger partial charge in [0.2, 0.25) is 5.78 Å². The fourth-order valence-electron chi connectivity index (χ4n) is 2.71. The van der Waals surface area contributed by atoms with Gasteiger partial charge in [-0.25, -0.2) is 15.0 Å². The quantitative estimate of drug-likeness (QED) is 0.328. The SMILES string of the molecule is Br.CCCc1nc2ncccn2c1-c1csc(Nc2ccc(I)cc2)n1. The molecule has 0 saturated carbocycles. The lowest BCUT2D eigenvalue weighted by atomic mass is 10.2. The Morgan fingerprint density at radius 2 is 2.00 bits per heavy atom. The van der Waals surface area contributed by atoms with Crippen molar-refractivity contribution in [1.82, 2.24) is 19.4 Å². The third-order valence-electron chi connectivity index (χ3n) is 3.80. The topological polar surface area (TPSA) is 55.1 Å². The van der Waals surface area contributed by atoms with Gasteiger partial charge in [0, 0.05) is 27.0 Å². The van der Waals surface area contributed by atoms with Gasteiger partial charge in [-0.05, 0) is 59.3 Å². The van der Waals surface area contributed by atoms with Gasteiger partial charge in [0.05, 0.1) is 11.4 Å². The third-order valence-corrected chi connectivity index (χ3v) is 5.28. The van der Waals surface area contributed by atoms with E-state index in [1.807, 2.05) is 16.7 Å². The maximum atomic E-state index is 4.78. The van der Waals surface area contributed by atoms with Gasteiger partial charge in [-0.15, -0.1) is 28.3 Å². The highest BCUT2D eigenvalue weighted by atomic mass is 127. The predicted molar refractivity (Wildman–Crippen MR) is 121 cm³/mol. The molecule has 0 radical (unpaired) electrons. The fourth-order valence-corrected chi connectivity index (χ4v) is 3.79. The summed E-state index contributed by atoms with van der Waals surface area (Å²) in [6.45, 7) is 2.16. The summed E-state index contributed by atoms with van der Waals surface area (Å²) in [5, 5.41) is 6.32. The summed E-state index contributed by atoms with van der Waals surface area (Å²) in [5.74, 6) is 0.723. The molecule has 3 heterocycles. The number of fused-ring (bicyclic) bond motifs is 1. The van der Waals surface area contributed by atoms with Crippen molar-refractivity contribution in [2.24, 2.45) is 0 Å². The molecule has 26 heavy (non-hydrogen) atoms. The van der Waals surface area contributed by atoms with Crippen LogP contribution in [0.3, 0.4) is 0 Å². The van der Waals surface area contributed by atoms with Crippen LogP contribution in [0, 0.1) is 3.57 Å². The average Bonchev–Trinajstić information content (AvgIpc) is 3.21. The lowest BCUT2D eigenvalue weighted by Crippen LogP contribution is -1.94. The van der Waals surface area contributed by atoms with Gasteiger partial charge in [0.25, 0.3) is 0 Å². The number of rotatable bonds is 5. The van der Waals surface area contributed by atoms with E-state index in [2.05, 4.69) is 74.4 Å². The summed E-state index contributed by atoms with van der Waals surface area (Å²) in [4.78, 5) is 13.8. The summed E-state index contributed by atoms with van der Waals surface area (Å²) in [7, 11) is 0. The Bertz CT molecular complexity index is 1010. The van der Waals surface area contributed by atoms with E-state index in [9.17, 15) is 0 Å². The molecule has 0 saturated heterocycles. The van der Waals surface area contributed by atoms with Crippen molar-refractivity contribution in [2.75, 3.05) is 5.32 Å². The molecule has 0 bridgehead atoms. The van der Waals surface area contributed by atoms with Crippen LogP contribution in [0.1, 0.15) is 19.0 Å². The van der Waals surface area contributed by atoms with Crippen molar-refractivity contribution >= 4 is 67.5 Å². The Hall–Kier alpha value is -1.52. The summed E-state index contributed by atoms with van der Waals surface area (Å²) >= 11 is 3.90. The smallest absolute Gasteiger partial charge is 0.234 e. The van der Waals surface area contributed by atoms with Crippen LogP contribution in [0.25, 0.3) is 17.2 Å². The van der Waals surface area contributed by atoms with Crippen LogP contribution in [0.5, 0.6) is 0 Å². The van der Waals surface area contributed by atoms with Crippen molar-refractivity contribution in [3.63, 3.8) is 0 Å². The lowest BCUT2D eigenvalue weighted by Gasteiger charge is -2.03. The Morgan fingerprint density at radius 3 is 2.77 bits per heavy atom. The van der Waals surface area contributed by atoms with E-state index in [1.165, 1.54) is 3.57 Å². The Morgan fingerprint density at radius 1 is 1.19 bits per heavy atom. The standard InChI is InChI=1S/C18H16IN5S.BrH/c1-2-4-14-16(24-10-3-9-20-17(24)22-14)15-11-25-18(23-15)21-13-7-5-12(19)6-8-13;/h3,5-11H,2,4H2,1H3,(H,21,23);1H. The lowest BCUT2D eigenvalue weighted by molar-refractivity contribution is 0.894. The molecule has 1 aromatic carbocycles. The molecule has 0 amide bonds. The molecule has 0 atom stereocenters. The molecule has 1 N–H and O–H groups in total. The number of anilines is 2. The van der Waals surface area contributed by atoms with Crippen molar-refractivity contribution in [3.8, 4) is 11.4 Å². The molecule has 0 spiro atoms. The zero-order valence-electron chi connectivity index (χ0n) is 14.0. The highest BCUT2D eigenvalue weighted by molar-refractivity contribution is 14.1. The fraction of sp³-hybridized carbons (Fsp3) is 0.167. The number of hydrogen-bond donors (Lipinski definition) is 1. The normalized spacial score (nSPS) is 10.7. The summed E-state index contributed by atoms with van der Waals surface area (Å²) in [6, 6.07) is 10.2. The number of aromatic nitrogens is 4. The molecule has 5 nitrogen and oxygen atoms in total. The van der Waals surface area contributed by atoms with Gasteiger partial charge in [0.15, 0.2) is 5.13 Å². The molecule has 0 aliphatic carbocycles.